The van der Waals surface area contributed by atoms with Gasteiger partial charge >= 0.3 is 0 Å². The van der Waals surface area contributed by atoms with E-state index in [4.69, 9.17) is 4.74 Å². The van der Waals surface area contributed by atoms with Crippen LogP contribution in [0.25, 0.3) is 0 Å². The first kappa shape index (κ1) is 20.9. The Morgan fingerprint density at radius 1 is 1.14 bits per heavy atom. The number of rotatable bonds is 4. The molecule has 2 heteroatoms. The fourth-order valence-corrected chi connectivity index (χ4v) is 3.97. The molecule has 0 aromatic heterocycles. The fraction of sp³-hybridized carbons (Fsp3) is 1.00. The minimum absolute atomic E-state index is 0.391. The predicted octanol–water partition coefficient (Wildman–Crippen LogP) is 5.22. The molecule has 1 spiro atoms. The summed E-state index contributed by atoms with van der Waals surface area (Å²) in [4.78, 5) is 2.59. The second-order valence-electron chi connectivity index (χ2n) is 6.25. The Morgan fingerprint density at radius 2 is 1.71 bits per heavy atom. The standard InChI is InChI=1S/C15H29NO.2C2H6/c1-5-7-14-13(12(3)6-2)8-9-16(4)15(14)10-17-11-15;2*1-2/h12-14H,5-11H2,1-4H3;2*1-2H3. The largest absolute Gasteiger partial charge is 0.377 e. The van der Waals surface area contributed by atoms with Crippen molar-refractivity contribution in [2.24, 2.45) is 17.8 Å². The summed E-state index contributed by atoms with van der Waals surface area (Å²) in [6.45, 7) is 18.3. The third kappa shape index (κ3) is 4.45. The zero-order chi connectivity index (χ0) is 16.5. The first-order chi connectivity index (χ1) is 10.2. The van der Waals surface area contributed by atoms with E-state index in [2.05, 4.69) is 32.7 Å². The highest BCUT2D eigenvalue weighted by Gasteiger charge is 2.53. The zero-order valence-corrected chi connectivity index (χ0v) is 16.0. The Morgan fingerprint density at radius 3 is 2.10 bits per heavy atom. The summed E-state index contributed by atoms with van der Waals surface area (Å²) in [5, 5.41) is 0. The number of likely N-dealkylation sites (N-methyl/N-ethyl adjacent to an activating group) is 1. The lowest BCUT2D eigenvalue weighted by atomic mass is 9.63. The summed E-state index contributed by atoms with van der Waals surface area (Å²) < 4.78 is 5.58. The number of ether oxygens (including phenoxy) is 1. The van der Waals surface area contributed by atoms with Crippen LogP contribution in [-0.4, -0.2) is 37.2 Å². The van der Waals surface area contributed by atoms with Gasteiger partial charge < -0.3 is 4.74 Å². The molecule has 3 atom stereocenters. The van der Waals surface area contributed by atoms with Crippen molar-refractivity contribution in [3.8, 4) is 0 Å². The number of piperidine rings is 1. The van der Waals surface area contributed by atoms with Crippen LogP contribution in [-0.2, 0) is 4.74 Å². The normalized spacial score (nSPS) is 28.6. The van der Waals surface area contributed by atoms with Crippen LogP contribution in [0.4, 0.5) is 0 Å². The molecule has 0 aliphatic carbocycles. The molecule has 2 aliphatic rings. The van der Waals surface area contributed by atoms with Crippen LogP contribution in [0, 0.1) is 17.8 Å². The maximum Gasteiger partial charge on any atom is 0.0707 e. The molecular formula is C19H41NO. The molecule has 0 radical (unpaired) electrons. The molecule has 0 saturated carbocycles. The molecule has 128 valence electrons. The minimum atomic E-state index is 0.391. The summed E-state index contributed by atoms with van der Waals surface area (Å²) in [5.74, 6) is 2.65. The number of nitrogens with zero attached hydrogens (tertiary/aromatic N) is 1. The van der Waals surface area contributed by atoms with Gasteiger partial charge in [-0.1, -0.05) is 61.3 Å². The topological polar surface area (TPSA) is 12.5 Å². The number of hydrogen-bond acceptors (Lipinski definition) is 2. The molecule has 3 unspecified atom stereocenters. The van der Waals surface area contributed by atoms with Crippen molar-refractivity contribution < 1.29 is 4.74 Å². The van der Waals surface area contributed by atoms with E-state index in [1.165, 1.54) is 32.2 Å². The Balaban J connectivity index is 0.000000921. The van der Waals surface area contributed by atoms with E-state index in [0.717, 1.165) is 31.0 Å². The molecule has 2 heterocycles. The first-order valence-corrected chi connectivity index (χ1v) is 9.44. The Labute approximate surface area is 134 Å². The summed E-state index contributed by atoms with van der Waals surface area (Å²) in [6.07, 6.45) is 5.40. The van der Waals surface area contributed by atoms with Crippen LogP contribution < -0.4 is 0 Å². The summed E-state index contributed by atoms with van der Waals surface area (Å²) >= 11 is 0. The van der Waals surface area contributed by atoms with Gasteiger partial charge in [0, 0.05) is 0 Å². The van der Waals surface area contributed by atoms with Gasteiger partial charge in [-0.25, -0.2) is 0 Å². The lowest BCUT2D eigenvalue weighted by molar-refractivity contribution is -0.196. The highest BCUT2D eigenvalue weighted by Crippen LogP contribution is 2.47. The van der Waals surface area contributed by atoms with Crippen molar-refractivity contribution in [3.63, 3.8) is 0 Å². The SMILES string of the molecule is CC.CC.CCCC1C(C(C)CC)CCN(C)C12COC2. The second kappa shape index (κ2) is 10.6. The van der Waals surface area contributed by atoms with Crippen molar-refractivity contribution in [1.29, 1.82) is 0 Å². The average Bonchev–Trinajstić information content (AvgIpc) is 2.50. The molecule has 0 amide bonds. The Bertz CT molecular complexity index is 250. The quantitative estimate of drug-likeness (QED) is 0.705. The Hall–Kier alpha value is -0.0800. The van der Waals surface area contributed by atoms with Crippen molar-refractivity contribution in [2.45, 2.75) is 79.7 Å². The Kier molecular flexibility index (Phi) is 10.6. The van der Waals surface area contributed by atoms with Gasteiger partial charge in [0.15, 0.2) is 0 Å². The van der Waals surface area contributed by atoms with Crippen LogP contribution in [0.15, 0.2) is 0 Å². The monoisotopic (exact) mass is 299 g/mol. The lowest BCUT2D eigenvalue weighted by Crippen LogP contribution is -2.69. The van der Waals surface area contributed by atoms with Crippen LogP contribution in [0.2, 0.25) is 0 Å². The van der Waals surface area contributed by atoms with E-state index in [1.807, 2.05) is 27.7 Å². The molecule has 2 fully saturated rings. The smallest absolute Gasteiger partial charge is 0.0707 e. The van der Waals surface area contributed by atoms with Crippen LogP contribution in [0.3, 0.4) is 0 Å². The third-order valence-electron chi connectivity index (χ3n) is 5.44. The molecule has 0 N–H and O–H groups in total. The van der Waals surface area contributed by atoms with E-state index in [1.54, 1.807) is 0 Å². The highest BCUT2D eigenvalue weighted by atomic mass is 16.5. The third-order valence-corrected chi connectivity index (χ3v) is 5.44. The van der Waals surface area contributed by atoms with E-state index >= 15 is 0 Å². The average molecular weight is 300 g/mol. The molecule has 0 bridgehead atoms. The van der Waals surface area contributed by atoms with Gasteiger partial charge in [0.2, 0.25) is 0 Å². The van der Waals surface area contributed by atoms with Crippen LogP contribution >= 0.6 is 0 Å². The second-order valence-corrected chi connectivity index (χ2v) is 6.25. The molecule has 2 saturated heterocycles. The van der Waals surface area contributed by atoms with Crippen molar-refractivity contribution in [3.05, 3.63) is 0 Å². The van der Waals surface area contributed by atoms with Crippen LogP contribution in [0.5, 0.6) is 0 Å². The lowest BCUT2D eigenvalue weighted by Gasteiger charge is -2.59. The summed E-state index contributed by atoms with van der Waals surface area (Å²) in [5.41, 5.74) is 0.391. The summed E-state index contributed by atoms with van der Waals surface area (Å²) in [6, 6.07) is 0. The first-order valence-electron chi connectivity index (χ1n) is 9.44. The van der Waals surface area contributed by atoms with Gasteiger partial charge in [-0.3, -0.25) is 4.90 Å². The van der Waals surface area contributed by atoms with Gasteiger partial charge in [-0.2, -0.15) is 0 Å². The van der Waals surface area contributed by atoms with Crippen molar-refractivity contribution in [1.82, 2.24) is 4.90 Å². The van der Waals surface area contributed by atoms with Gasteiger partial charge in [-0.05, 0) is 44.2 Å². The molecule has 2 rings (SSSR count). The summed E-state index contributed by atoms with van der Waals surface area (Å²) in [7, 11) is 2.30. The minimum Gasteiger partial charge on any atom is -0.377 e. The predicted molar refractivity (Wildman–Crippen MR) is 94.8 cm³/mol. The molecule has 2 nitrogen and oxygen atoms in total. The van der Waals surface area contributed by atoms with Gasteiger partial charge in [0.05, 0.1) is 18.8 Å². The van der Waals surface area contributed by atoms with E-state index in [-0.39, 0.29) is 0 Å². The number of likely N-dealkylation sites (tertiary alicyclic amines) is 1. The molecular weight excluding hydrogens is 258 g/mol. The fourth-order valence-electron chi connectivity index (χ4n) is 3.97. The van der Waals surface area contributed by atoms with Gasteiger partial charge in [-0.15, -0.1) is 0 Å². The maximum atomic E-state index is 5.58. The van der Waals surface area contributed by atoms with Gasteiger partial charge in [0.1, 0.15) is 0 Å². The van der Waals surface area contributed by atoms with E-state index < -0.39 is 0 Å². The van der Waals surface area contributed by atoms with E-state index in [0.29, 0.717) is 5.54 Å². The molecule has 0 aromatic rings. The van der Waals surface area contributed by atoms with Crippen molar-refractivity contribution >= 4 is 0 Å². The van der Waals surface area contributed by atoms with Gasteiger partial charge in [0.25, 0.3) is 0 Å². The molecule has 2 aliphatic heterocycles. The highest BCUT2D eigenvalue weighted by molar-refractivity contribution is 5.06. The number of hydrogen-bond donors (Lipinski definition) is 0. The van der Waals surface area contributed by atoms with Crippen LogP contribution in [0.1, 0.15) is 74.1 Å². The van der Waals surface area contributed by atoms with E-state index in [9.17, 15) is 0 Å². The molecule has 21 heavy (non-hydrogen) atoms. The maximum absolute atomic E-state index is 5.58. The zero-order valence-electron chi connectivity index (χ0n) is 16.0. The van der Waals surface area contributed by atoms with Crippen molar-refractivity contribution in [2.75, 3.05) is 26.8 Å². The molecule has 0 aromatic carbocycles.